The average molecular weight is 263 g/mol. The molecule has 2 nitrogen and oxygen atoms in total. The van der Waals surface area contributed by atoms with Crippen molar-refractivity contribution < 1.29 is 5.11 Å². The van der Waals surface area contributed by atoms with E-state index < -0.39 is 0 Å². The summed E-state index contributed by atoms with van der Waals surface area (Å²) in [6.45, 7) is 14.9. The van der Waals surface area contributed by atoms with Gasteiger partial charge in [0.2, 0.25) is 0 Å². The van der Waals surface area contributed by atoms with E-state index in [-0.39, 0.29) is 5.41 Å². The molecule has 0 bridgehead atoms. The quantitative estimate of drug-likeness (QED) is 0.797. The number of benzene rings is 1. The second kappa shape index (κ2) is 5.96. The van der Waals surface area contributed by atoms with E-state index in [4.69, 9.17) is 0 Å². The molecule has 0 aliphatic heterocycles. The van der Waals surface area contributed by atoms with Crippen LogP contribution in [-0.4, -0.2) is 11.7 Å². The molecule has 0 aliphatic carbocycles. The van der Waals surface area contributed by atoms with E-state index in [1.54, 1.807) is 0 Å². The van der Waals surface area contributed by atoms with Crippen LogP contribution in [0, 0.1) is 5.41 Å². The predicted octanol–water partition coefficient (Wildman–Crippen LogP) is 4.22. The molecule has 2 heteroatoms. The molecule has 1 aromatic rings. The first-order valence-corrected chi connectivity index (χ1v) is 7.13. The van der Waals surface area contributed by atoms with Crippen molar-refractivity contribution in [2.75, 3.05) is 6.54 Å². The molecular weight excluding hydrogens is 234 g/mol. The van der Waals surface area contributed by atoms with Crippen molar-refractivity contribution in [2.24, 2.45) is 5.41 Å². The molecule has 0 atom stereocenters. The highest BCUT2D eigenvalue weighted by Crippen LogP contribution is 2.27. The van der Waals surface area contributed by atoms with Gasteiger partial charge in [0.1, 0.15) is 5.75 Å². The van der Waals surface area contributed by atoms with E-state index in [9.17, 15) is 5.11 Å². The second-order valence-electron chi connectivity index (χ2n) is 7.58. The van der Waals surface area contributed by atoms with Crippen LogP contribution in [0.1, 0.15) is 59.1 Å². The van der Waals surface area contributed by atoms with Gasteiger partial charge in [-0.2, -0.15) is 0 Å². The van der Waals surface area contributed by atoms with Gasteiger partial charge in [-0.3, -0.25) is 0 Å². The molecule has 0 radical (unpaired) electrons. The first kappa shape index (κ1) is 16.0. The molecule has 0 fully saturated rings. The Morgan fingerprint density at radius 2 is 1.68 bits per heavy atom. The van der Waals surface area contributed by atoms with Crippen LogP contribution in [0.4, 0.5) is 0 Å². The third kappa shape index (κ3) is 5.65. The first-order chi connectivity index (χ1) is 8.59. The molecule has 108 valence electrons. The molecule has 0 heterocycles. The molecule has 0 spiro atoms. The maximum atomic E-state index is 10.1. The number of hydrogen-bond acceptors (Lipinski definition) is 2. The second-order valence-corrected chi connectivity index (χ2v) is 7.58. The summed E-state index contributed by atoms with van der Waals surface area (Å²) in [4.78, 5) is 0. The molecule has 0 aliphatic rings. The van der Waals surface area contributed by atoms with Gasteiger partial charge in [-0.25, -0.2) is 0 Å². The van der Waals surface area contributed by atoms with Crippen LogP contribution < -0.4 is 5.32 Å². The molecule has 1 aromatic carbocycles. The number of rotatable bonds is 4. The highest BCUT2D eigenvalue weighted by molar-refractivity contribution is 5.38. The van der Waals surface area contributed by atoms with Crippen molar-refractivity contribution in [3.05, 3.63) is 29.3 Å². The molecule has 0 unspecified atom stereocenters. The van der Waals surface area contributed by atoms with Crippen LogP contribution in [-0.2, 0) is 12.0 Å². The lowest BCUT2D eigenvalue weighted by atomic mass is 9.86. The number of aromatic hydroxyl groups is 1. The van der Waals surface area contributed by atoms with Crippen LogP contribution >= 0.6 is 0 Å². The Balaban J connectivity index is 2.57. The van der Waals surface area contributed by atoms with Crippen molar-refractivity contribution in [3.63, 3.8) is 0 Å². The van der Waals surface area contributed by atoms with Crippen molar-refractivity contribution >= 4 is 0 Å². The van der Waals surface area contributed by atoms with Gasteiger partial charge in [0, 0.05) is 12.1 Å². The maximum absolute atomic E-state index is 10.1. The van der Waals surface area contributed by atoms with E-state index in [0.29, 0.717) is 11.2 Å². The molecule has 19 heavy (non-hydrogen) atoms. The maximum Gasteiger partial charge on any atom is 0.120 e. The van der Waals surface area contributed by atoms with E-state index in [1.165, 1.54) is 5.56 Å². The van der Waals surface area contributed by atoms with Crippen molar-refractivity contribution in [1.29, 1.82) is 0 Å². The van der Waals surface area contributed by atoms with Gasteiger partial charge in [-0.05, 0) is 35.4 Å². The Kier molecular flexibility index (Phi) is 5.03. The average Bonchev–Trinajstić information content (AvgIpc) is 2.23. The number of phenols is 1. The summed E-state index contributed by atoms with van der Waals surface area (Å²) in [6.07, 6.45) is 1.13. The Morgan fingerprint density at radius 1 is 1.05 bits per heavy atom. The zero-order chi connectivity index (χ0) is 14.7. The minimum absolute atomic E-state index is 0.0790. The summed E-state index contributed by atoms with van der Waals surface area (Å²) in [5, 5.41) is 13.5. The lowest BCUT2D eigenvalue weighted by Crippen LogP contribution is -2.20. The Labute approximate surface area is 118 Å². The standard InChI is InChI=1S/C17H29NO/c1-16(2,3)9-10-18-12-13-7-8-14(11-15(13)19)17(4,5)6/h7-8,11,18-19H,9-10,12H2,1-6H3. The number of nitrogens with one attached hydrogen (secondary N) is 1. The predicted molar refractivity (Wildman–Crippen MR) is 82.6 cm³/mol. The van der Waals surface area contributed by atoms with Gasteiger partial charge in [-0.15, -0.1) is 0 Å². The lowest BCUT2D eigenvalue weighted by molar-refractivity contribution is 0.365. The van der Waals surface area contributed by atoms with E-state index in [2.05, 4.69) is 52.9 Å². The molecular formula is C17H29NO. The lowest BCUT2D eigenvalue weighted by Gasteiger charge is -2.20. The smallest absolute Gasteiger partial charge is 0.120 e. The van der Waals surface area contributed by atoms with E-state index in [1.807, 2.05) is 12.1 Å². The zero-order valence-electron chi connectivity index (χ0n) is 13.3. The van der Waals surface area contributed by atoms with Gasteiger partial charge in [-0.1, -0.05) is 53.7 Å². The highest BCUT2D eigenvalue weighted by Gasteiger charge is 2.15. The van der Waals surface area contributed by atoms with Gasteiger partial charge in [0.25, 0.3) is 0 Å². The fourth-order valence-electron chi connectivity index (χ4n) is 1.87. The minimum atomic E-state index is 0.0790. The van der Waals surface area contributed by atoms with Crippen molar-refractivity contribution in [1.82, 2.24) is 5.32 Å². The third-order valence-corrected chi connectivity index (χ3v) is 3.32. The summed E-state index contributed by atoms with van der Waals surface area (Å²) in [5.74, 6) is 0.399. The Hall–Kier alpha value is -1.02. The van der Waals surface area contributed by atoms with Crippen LogP contribution in [0.3, 0.4) is 0 Å². The normalized spacial score (nSPS) is 12.7. The molecule has 0 saturated heterocycles. The van der Waals surface area contributed by atoms with Crippen molar-refractivity contribution in [2.45, 2.75) is 59.9 Å². The fourth-order valence-corrected chi connectivity index (χ4v) is 1.87. The van der Waals surface area contributed by atoms with Crippen LogP contribution in [0.15, 0.2) is 18.2 Å². The zero-order valence-corrected chi connectivity index (χ0v) is 13.3. The fraction of sp³-hybridized carbons (Fsp3) is 0.647. The van der Waals surface area contributed by atoms with Gasteiger partial charge in [0.05, 0.1) is 0 Å². The number of hydrogen-bond donors (Lipinski definition) is 2. The molecule has 0 amide bonds. The topological polar surface area (TPSA) is 32.3 Å². The summed E-state index contributed by atoms with van der Waals surface area (Å²) in [5.41, 5.74) is 2.58. The van der Waals surface area contributed by atoms with Crippen LogP contribution in [0.25, 0.3) is 0 Å². The molecule has 1 rings (SSSR count). The summed E-state index contributed by atoms with van der Waals surface area (Å²) >= 11 is 0. The Bertz CT molecular complexity index is 410. The minimum Gasteiger partial charge on any atom is -0.508 e. The van der Waals surface area contributed by atoms with Gasteiger partial charge >= 0.3 is 0 Å². The van der Waals surface area contributed by atoms with E-state index >= 15 is 0 Å². The number of phenolic OH excluding ortho intramolecular Hbond substituents is 1. The highest BCUT2D eigenvalue weighted by atomic mass is 16.3. The summed E-state index contributed by atoms with van der Waals surface area (Å²) in [7, 11) is 0. The first-order valence-electron chi connectivity index (χ1n) is 7.13. The third-order valence-electron chi connectivity index (χ3n) is 3.32. The molecule has 0 aromatic heterocycles. The summed E-state index contributed by atoms with van der Waals surface area (Å²) < 4.78 is 0. The van der Waals surface area contributed by atoms with Crippen LogP contribution in [0.2, 0.25) is 0 Å². The SMILES string of the molecule is CC(C)(C)CCNCc1ccc(C(C)(C)C)cc1O. The largest absolute Gasteiger partial charge is 0.508 e. The van der Waals surface area contributed by atoms with Crippen molar-refractivity contribution in [3.8, 4) is 5.75 Å². The monoisotopic (exact) mass is 263 g/mol. The Morgan fingerprint density at radius 3 is 2.16 bits per heavy atom. The molecule has 0 saturated carbocycles. The molecule has 2 N–H and O–H groups in total. The van der Waals surface area contributed by atoms with Gasteiger partial charge in [0.15, 0.2) is 0 Å². The summed E-state index contributed by atoms with van der Waals surface area (Å²) in [6, 6.07) is 6.03. The van der Waals surface area contributed by atoms with Crippen LogP contribution in [0.5, 0.6) is 5.75 Å². The van der Waals surface area contributed by atoms with E-state index in [0.717, 1.165) is 25.1 Å². The van der Waals surface area contributed by atoms with Gasteiger partial charge < -0.3 is 10.4 Å².